The maximum Gasteiger partial charge on any atom is 2.00 e. The molecule has 0 fully saturated rings. The molecule has 29 heavy (non-hydrogen) atoms. The molecule has 0 rings (SSSR count). The number of hydrogen-bond acceptors (Lipinski definition) is 4. The SMILES string of the molecule is O.O.O=C(/C=C(\[O-])C(F)(F)F)C(F)(F)F.O=C(/C=C(\[O-])C(F)(F)F)C(F)(F)F.[Zn+2]. The van der Waals surface area contributed by atoms with Crippen LogP contribution in [0.1, 0.15) is 0 Å². The minimum Gasteiger partial charge on any atom is -0.869 e. The van der Waals surface area contributed by atoms with Crippen LogP contribution < -0.4 is 10.2 Å². The first-order valence-electron chi connectivity index (χ1n) is 5.24. The summed E-state index contributed by atoms with van der Waals surface area (Å²) >= 11 is 0. The topological polar surface area (TPSA) is 143 Å². The van der Waals surface area contributed by atoms with Gasteiger partial charge < -0.3 is 21.2 Å². The largest absolute Gasteiger partial charge is 2.00 e. The number of rotatable bonds is 2. The minimum absolute atomic E-state index is 0. The van der Waals surface area contributed by atoms with E-state index in [1.807, 2.05) is 0 Å². The summed E-state index contributed by atoms with van der Waals surface area (Å²) in [7, 11) is 0. The van der Waals surface area contributed by atoms with Crippen LogP contribution in [-0.4, -0.2) is 47.2 Å². The van der Waals surface area contributed by atoms with E-state index >= 15 is 0 Å². The molecule has 0 bridgehead atoms. The molecule has 0 heterocycles. The van der Waals surface area contributed by atoms with E-state index in [1.54, 1.807) is 0 Å². The van der Waals surface area contributed by atoms with Crippen molar-refractivity contribution in [1.29, 1.82) is 0 Å². The third-order valence-electron chi connectivity index (χ3n) is 1.64. The third-order valence-corrected chi connectivity index (χ3v) is 1.64. The second kappa shape index (κ2) is 12.6. The summed E-state index contributed by atoms with van der Waals surface area (Å²) in [5, 5.41) is 19.6. The van der Waals surface area contributed by atoms with Crippen molar-refractivity contribution in [2.24, 2.45) is 0 Å². The Balaban J connectivity index is -0.000000120. The average molecular weight is 516 g/mol. The van der Waals surface area contributed by atoms with Gasteiger partial charge in [0.15, 0.2) is 0 Å². The maximum atomic E-state index is 11.3. The van der Waals surface area contributed by atoms with Crippen LogP contribution in [0.3, 0.4) is 0 Å². The van der Waals surface area contributed by atoms with Crippen LogP contribution in [0.15, 0.2) is 23.7 Å². The van der Waals surface area contributed by atoms with Gasteiger partial charge in [0, 0.05) is 0 Å². The summed E-state index contributed by atoms with van der Waals surface area (Å²) < 4.78 is 136. The molecule has 0 spiro atoms. The first-order chi connectivity index (χ1) is 11.1. The zero-order valence-corrected chi connectivity index (χ0v) is 16.0. The van der Waals surface area contributed by atoms with E-state index in [9.17, 15) is 72.5 Å². The number of alkyl halides is 12. The molecule has 19 heteroatoms. The molecule has 0 aromatic heterocycles. The van der Waals surface area contributed by atoms with Crippen molar-refractivity contribution in [3.8, 4) is 0 Å². The van der Waals surface area contributed by atoms with E-state index in [1.165, 1.54) is 0 Å². The summed E-state index contributed by atoms with van der Waals surface area (Å²) in [4.78, 5) is 19.6. The molecule has 0 unspecified atom stereocenters. The van der Waals surface area contributed by atoms with Gasteiger partial charge in [0.05, 0.1) is 0 Å². The number of allylic oxidation sites excluding steroid dienone is 4. The average Bonchev–Trinajstić information content (AvgIpc) is 2.34. The summed E-state index contributed by atoms with van der Waals surface area (Å²) in [6.45, 7) is 0. The van der Waals surface area contributed by atoms with Crippen molar-refractivity contribution < 1.29 is 103 Å². The number of carbonyl (C=O) groups excluding carboxylic acids is 2. The van der Waals surface area contributed by atoms with Crippen LogP contribution in [0.5, 0.6) is 0 Å². The fraction of sp³-hybridized carbons (Fsp3) is 0.400. The fourth-order valence-electron chi connectivity index (χ4n) is 0.565. The maximum absolute atomic E-state index is 11.3. The number of halogens is 12. The summed E-state index contributed by atoms with van der Waals surface area (Å²) in [5.41, 5.74) is 0. The Bertz CT molecular complexity index is 532. The van der Waals surface area contributed by atoms with Gasteiger partial charge in [-0.3, -0.25) is 9.59 Å². The van der Waals surface area contributed by atoms with E-state index in [2.05, 4.69) is 0 Å². The Hall–Kier alpha value is -1.88. The van der Waals surface area contributed by atoms with Gasteiger partial charge >= 0.3 is 44.2 Å². The van der Waals surface area contributed by atoms with Gasteiger partial charge in [0.25, 0.3) is 11.6 Å². The molecule has 0 aromatic carbocycles. The first kappa shape index (κ1) is 37.8. The monoisotopic (exact) mass is 514 g/mol. The molecule has 0 radical (unpaired) electrons. The van der Waals surface area contributed by atoms with Gasteiger partial charge in [-0.1, -0.05) is 0 Å². The zero-order chi connectivity index (χ0) is 21.7. The van der Waals surface area contributed by atoms with Crippen LogP contribution in [-0.2, 0) is 29.1 Å². The van der Waals surface area contributed by atoms with Crippen LogP contribution >= 0.6 is 0 Å². The second-order valence-electron chi connectivity index (χ2n) is 3.74. The summed E-state index contributed by atoms with van der Waals surface area (Å²) in [6.07, 6.45) is -23.9. The van der Waals surface area contributed by atoms with Crippen molar-refractivity contribution in [2.75, 3.05) is 0 Å². The fourth-order valence-corrected chi connectivity index (χ4v) is 0.565. The van der Waals surface area contributed by atoms with Crippen molar-refractivity contribution in [3.63, 3.8) is 0 Å². The van der Waals surface area contributed by atoms with E-state index in [4.69, 9.17) is 0 Å². The van der Waals surface area contributed by atoms with Crippen molar-refractivity contribution in [3.05, 3.63) is 23.7 Å². The Kier molecular flexibility index (Phi) is 16.5. The molecule has 168 valence electrons. The van der Waals surface area contributed by atoms with Crippen molar-refractivity contribution in [2.45, 2.75) is 24.7 Å². The Morgan fingerprint density at radius 3 is 0.793 bits per heavy atom. The molecule has 4 N–H and O–H groups in total. The van der Waals surface area contributed by atoms with Gasteiger partial charge in [0.2, 0.25) is 0 Å². The van der Waals surface area contributed by atoms with Gasteiger partial charge in [-0.15, -0.1) is 0 Å². The molecule has 0 aliphatic rings. The van der Waals surface area contributed by atoms with Gasteiger partial charge in [-0.2, -0.15) is 52.7 Å². The summed E-state index contributed by atoms with van der Waals surface area (Å²) in [5.74, 6) is -11.3. The van der Waals surface area contributed by atoms with E-state index in [0.29, 0.717) is 0 Å². The predicted octanol–water partition coefficient (Wildman–Crippen LogP) is 0.197. The van der Waals surface area contributed by atoms with Gasteiger partial charge in [-0.05, 0) is 23.7 Å². The molecule has 0 amide bonds. The standard InChI is InChI=1S/2C5H2F6O2.2H2O.Zn/c2*6-4(7,8)2(12)1-3(13)5(9,10)11;;;/h2*1,12H;2*1H2;/q;;;;+2/p-2/b2*2-1-;;;. The quantitative estimate of drug-likeness (QED) is 0.224. The van der Waals surface area contributed by atoms with Crippen LogP contribution in [0, 0.1) is 0 Å². The molecular weight excluding hydrogens is 509 g/mol. The smallest absolute Gasteiger partial charge is 0.869 e. The molecule has 0 saturated carbocycles. The number of carbonyl (C=O) groups is 2. The molecular formula is C10H6F12O6Zn. The second-order valence-corrected chi connectivity index (χ2v) is 3.74. The molecule has 0 aliphatic heterocycles. The van der Waals surface area contributed by atoms with E-state index in [0.717, 1.165) is 0 Å². The minimum atomic E-state index is -5.46. The van der Waals surface area contributed by atoms with E-state index < -0.39 is 59.9 Å². The summed E-state index contributed by atoms with van der Waals surface area (Å²) in [6, 6.07) is 0. The zero-order valence-electron chi connectivity index (χ0n) is 13.0. The van der Waals surface area contributed by atoms with E-state index in [-0.39, 0.29) is 30.4 Å². The number of hydrogen-bond donors (Lipinski definition) is 0. The van der Waals surface area contributed by atoms with Crippen molar-refractivity contribution in [1.82, 2.24) is 0 Å². The number of ketones is 2. The van der Waals surface area contributed by atoms with Crippen LogP contribution in [0.4, 0.5) is 52.7 Å². The first-order valence-corrected chi connectivity index (χ1v) is 5.24. The van der Waals surface area contributed by atoms with Gasteiger partial charge in [-0.25, -0.2) is 0 Å². The van der Waals surface area contributed by atoms with Crippen LogP contribution in [0.25, 0.3) is 0 Å². The van der Waals surface area contributed by atoms with Crippen molar-refractivity contribution >= 4 is 11.6 Å². The van der Waals surface area contributed by atoms with Crippen LogP contribution in [0.2, 0.25) is 0 Å². The molecule has 0 aromatic rings. The Morgan fingerprint density at radius 2 is 0.690 bits per heavy atom. The molecule has 0 atom stereocenters. The molecule has 0 saturated heterocycles. The predicted molar refractivity (Wildman–Crippen MR) is 57.6 cm³/mol. The molecule has 0 aliphatic carbocycles. The molecule has 6 nitrogen and oxygen atoms in total. The normalized spacial score (nSPS) is 13.0. The van der Waals surface area contributed by atoms with Gasteiger partial charge in [0.1, 0.15) is 0 Å². The Morgan fingerprint density at radius 1 is 0.517 bits per heavy atom. The third kappa shape index (κ3) is 16.8. The Labute approximate surface area is 163 Å².